The monoisotopic (exact) mass is 290 g/mol. The van der Waals surface area contributed by atoms with Crippen molar-refractivity contribution in [2.45, 2.75) is 51.7 Å². The lowest BCUT2D eigenvalue weighted by Crippen LogP contribution is -2.51. The van der Waals surface area contributed by atoms with Gasteiger partial charge in [0.05, 0.1) is 12.7 Å². The van der Waals surface area contributed by atoms with Crippen molar-refractivity contribution in [3.63, 3.8) is 0 Å². The summed E-state index contributed by atoms with van der Waals surface area (Å²) in [5, 5.41) is 0. The van der Waals surface area contributed by atoms with E-state index in [2.05, 4.69) is 49.9 Å². The van der Waals surface area contributed by atoms with E-state index in [0.29, 0.717) is 5.92 Å². The first-order valence-electron chi connectivity index (χ1n) is 8.28. The Morgan fingerprint density at radius 3 is 2.62 bits per heavy atom. The third-order valence-corrected chi connectivity index (χ3v) is 4.31. The van der Waals surface area contributed by atoms with Crippen molar-refractivity contribution in [3.8, 4) is 0 Å². The summed E-state index contributed by atoms with van der Waals surface area (Å²) in [6, 6.07) is 8.94. The Bertz CT molecular complexity index is 414. The van der Waals surface area contributed by atoms with Gasteiger partial charge in [0.2, 0.25) is 0 Å². The highest BCUT2D eigenvalue weighted by molar-refractivity contribution is 5.25. The summed E-state index contributed by atoms with van der Waals surface area (Å²) in [6.07, 6.45) is 2.25. The third-order valence-electron chi connectivity index (χ3n) is 4.31. The lowest BCUT2D eigenvalue weighted by Gasteiger charge is -2.35. The van der Waals surface area contributed by atoms with E-state index in [-0.39, 0.29) is 12.1 Å². The number of rotatable bonds is 6. The Morgan fingerprint density at radius 1 is 1.29 bits per heavy atom. The van der Waals surface area contributed by atoms with E-state index in [1.165, 1.54) is 17.5 Å². The van der Waals surface area contributed by atoms with E-state index in [9.17, 15) is 0 Å². The maximum absolute atomic E-state index is 6.39. The van der Waals surface area contributed by atoms with Gasteiger partial charge in [0.1, 0.15) is 0 Å². The first kappa shape index (κ1) is 16.5. The summed E-state index contributed by atoms with van der Waals surface area (Å²) in [6.45, 7) is 10.6. The SMILES string of the molecule is CCCN1CCOC(C(N)Cc2ccc(C(C)C)cc2)C1. The van der Waals surface area contributed by atoms with Gasteiger partial charge in [0, 0.05) is 19.1 Å². The number of morpholine rings is 1. The van der Waals surface area contributed by atoms with Crippen LogP contribution in [0.4, 0.5) is 0 Å². The van der Waals surface area contributed by atoms with Crippen LogP contribution >= 0.6 is 0 Å². The molecule has 1 aromatic carbocycles. The van der Waals surface area contributed by atoms with Gasteiger partial charge < -0.3 is 10.5 Å². The van der Waals surface area contributed by atoms with Crippen LogP contribution in [0.15, 0.2) is 24.3 Å². The van der Waals surface area contributed by atoms with Gasteiger partial charge >= 0.3 is 0 Å². The van der Waals surface area contributed by atoms with Crippen LogP contribution in [0.1, 0.15) is 44.2 Å². The standard InChI is InChI=1S/C18H30N2O/c1-4-9-20-10-11-21-18(13-20)17(19)12-15-5-7-16(8-6-15)14(2)3/h5-8,14,17-18H,4,9-13,19H2,1-3H3. The predicted molar refractivity (Wildman–Crippen MR) is 88.7 cm³/mol. The first-order valence-corrected chi connectivity index (χ1v) is 8.28. The molecule has 21 heavy (non-hydrogen) atoms. The van der Waals surface area contributed by atoms with Gasteiger partial charge in [-0.05, 0) is 36.4 Å². The summed E-state index contributed by atoms with van der Waals surface area (Å²) < 4.78 is 5.88. The van der Waals surface area contributed by atoms with Crippen LogP contribution in [-0.2, 0) is 11.2 Å². The summed E-state index contributed by atoms with van der Waals surface area (Å²) >= 11 is 0. The van der Waals surface area contributed by atoms with Gasteiger partial charge in [-0.3, -0.25) is 4.90 Å². The van der Waals surface area contributed by atoms with Crippen LogP contribution in [0.2, 0.25) is 0 Å². The normalized spacial score (nSPS) is 21.7. The molecular formula is C18H30N2O. The van der Waals surface area contributed by atoms with Crippen molar-refractivity contribution >= 4 is 0 Å². The Balaban J connectivity index is 1.89. The van der Waals surface area contributed by atoms with Crippen molar-refractivity contribution in [2.24, 2.45) is 5.73 Å². The van der Waals surface area contributed by atoms with E-state index >= 15 is 0 Å². The molecule has 0 aliphatic carbocycles. The highest BCUT2D eigenvalue weighted by Crippen LogP contribution is 2.17. The molecule has 0 bridgehead atoms. The van der Waals surface area contributed by atoms with Crippen LogP contribution in [0.3, 0.4) is 0 Å². The topological polar surface area (TPSA) is 38.5 Å². The van der Waals surface area contributed by atoms with Crippen molar-refractivity contribution < 1.29 is 4.74 Å². The molecule has 1 saturated heterocycles. The second-order valence-electron chi connectivity index (χ2n) is 6.47. The van der Waals surface area contributed by atoms with Crippen LogP contribution in [0.5, 0.6) is 0 Å². The van der Waals surface area contributed by atoms with Crippen LogP contribution in [-0.4, -0.2) is 43.3 Å². The number of nitrogens with zero attached hydrogens (tertiary/aromatic N) is 1. The number of benzene rings is 1. The number of nitrogens with two attached hydrogens (primary N) is 1. The lowest BCUT2D eigenvalue weighted by atomic mass is 9.97. The molecular weight excluding hydrogens is 260 g/mol. The Hall–Kier alpha value is -0.900. The molecule has 0 amide bonds. The van der Waals surface area contributed by atoms with Gasteiger partial charge in [-0.25, -0.2) is 0 Å². The minimum absolute atomic E-state index is 0.0783. The highest BCUT2D eigenvalue weighted by atomic mass is 16.5. The minimum atomic E-state index is 0.0783. The highest BCUT2D eigenvalue weighted by Gasteiger charge is 2.25. The third kappa shape index (κ3) is 4.80. The number of hydrogen-bond donors (Lipinski definition) is 1. The largest absolute Gasteiger partial charge is 0.374 e. The van der Waals surface area contributed by atoms with Gasteiger partial charge in [-0.15, -0.1) is 0 Å². The van der Waals surface area contributed by atoms with E-state index < -0.39 is 0 Å². The molecule has 2 atom stereocenters. The Morgan fingerprint density at radius 2 is 2.00 bits per heavy atom. The molecule has 1 fully saturated rings. The summed E-state index contributed by atoms with van der Waals surface area (Å²) in [7, 11) is 0. The molecule has 1 aliphatic rings. The maximum Gasteiger partial charge on any atom is 0.0856 e. The molecule has 0 spiro atoms. The lowest BCUT2D eigenvalue weighted by molar-refractivity contribution is -0.0400. The Labute approximate surface area is 129 Å². The zero-order chi connectivity index (χ0) is 15.2. The molecule has 118 valence electrons. The zero-order valence-electron chi connectivity index (χ0n) is 13.7. The van der Waals surface area contributed by atoms with Crippen molar-refractivity contribution in [1.29, 1.82) is 0 Å². The fourth-order valence-corrected chi connectivity index (χ4v) is 2.95. The van der Waals surface area contributed by atoms with Gasteiger partial charge in [0.25, 0.3) is 0 Å². The van der Waals surface area contributed by atoms with Crippen molar-refractivity contribution in [3.05, 3.63) is 35.4 Å². The second kappa shape index (κ2) is 7.92. The number of hydrogen-bond acceptors (Lipinski definition) is 3. The zero-order valence-corrected chi connectivity index (χ0v) is 13.7. The summed E-state index contributed by atoms with van der Waals surface area (Å²) in [4.78, 5) is 2.47. The number of ether oxygens (including phenoxy) is 1. The fourth-order valence-electron chi connectivity index (χ4n) is 2.95. The fraction of sp³-hybridized carbons (Fsp3) is 0.667. The van der Waals surface area contributed by atoms with E-state index in [1.54, 1.807) is 0 Å². The van der Waals surface area contributed by atoms with Gasteiger partial charge in [0.15, 0.2) is 0 Å². The second-order valence-corrected chi connectivity index (χ2v) is 6.47. The quantitative estimate of drug-likeness (QED) is 0.875. The van der Waals surface area contributed by atoms with Gasteiger partial charge in [-0.2, -0.15) is 0 Å². The van der Waals surface area contributed by atoms with Gasteiger partial charge in [-0.1, -0.05) is 45.0 Å². The van der Waals surface area contributed by atoms with E-state index in [1.807, 2.05) is 0 Å². The molecule has 0 aromatic heterocycles. The molecule has 2 rings (SSSR count). The molecule has 3 nitrogen and oxygen atoms in total. The molecule has 2 unspecified atom stereocenters. The van der Waals surface area contributed by atoms with Crippen molar-refractivity contribution in [1.82, 2.24) is 4.90 Å². The van der Waals surface area contributed by atoms with Crippen molar-refractivity contribution in [2.75, 3.05) is 26.2 Å². The first-order chi connectivity index (χ1) is 10.1. The average Bonchev–Trinajstić information content (AvgIpc) is 2.48. The molecule has 2 N–H and O–H groups in total. The Kier molecular flexibility index (Phi) is 6.22. The molecule has 0 saturated carbocycles. The van der Waals surface area contributed by atoms with E-state index in [4.69, 9.17) is 10.5 Å². The average molecular weight is 290 g/mol. The molecule has 0 radical (unpaired) electrons. The van der Waals surface area contributed by atoms with E-state index in [0.717, 1.165) is 32.7 Å². The molecule has 1 aliphatic heterocycles. The molecule has 3 heteroatoms. The summed E-state index contributed by atoms with van der Waals surface area (Å²) in [5.74, 6) is 0.581. The van der Waals surface area contributed by atoms with Crippen LogP contribution in [0.25, 0.3) is 0 Å². The predicted octanol–water partition coefficient (Wildman–Crippen LogP) is 2.79. The van der Waals surface area contributed by atoms with Crippen LogP contribution < -0.4 is 5.73 Å². The smallest absolute Gasteiger partial charge is 0.0856 e. The molecule has 1 aromatic rings. The molecule has 1 heterocycles. The maximum atomic E-state index is 6.39. The minimum Gasteiger partial charge on any atom is -0.374 e. The summed E-state index contributed by atoms with van der Waals surface area (Å²) in [5.41, 5.74) is 9.08. The van der Waals surface area contributed by atoms with Crippen LogP contribution in [0, 0.1) is 0 Å².